The van der Waals surface area contributed by atoms with E-state index in [0.717, 1.165) is 22.0 Å². The van der Waals surface area contributed by atoms with E-state index in [4.69, 9.17) is 4.74 Å². The number of amides is 3. The molecule has 4 rings (SSSR count). The molecule has 8 nitrogen and oxygen atoms in total. The summed E-state index contributed by atoms with van der Waals surface area (Å²) in [4.78, 5) is 42.8. The zero-order valence-corrected chi connectivity index (χ0v) is 20.2. The minimum Gasteiger partial charge on any atom is -0.496 e. The number of nitrogens with zero attached hydrogens (tertiary/aromatic N) is 1. The zero-order valence-electron chi connectivity index (χ0n) is 20.2. The van der Waals surface area contributed by atoms with Crippen LogP contribution in [0, 0.1) is 0 Å². The first-order valence-electron chi connectivity index (χ1n) is 12.0. The van der Waals surface area contributed by atoms with Crippen molar-refractivity contribution in [3.8, 4) is 5.75 Å². The van der Waals surface area contributed by atoms with E-state index >= 15 is 0 Å². The molecule has 1 unspecified atom stereocenters. The van der Waals surface area contributed by atoms with Crippen LogP contribution >= 0.6 is 0 Å². The number of aromatic amines is 1. The molecule has 1 saturated heterocycles. The topological polar surface area (TPSA) is 104 Å². The second kappa shape index (κ2) is 11.1. The molecule has 0 spiro atoms. The number of carbonyl (C=O) groups is 3. The second-order valence-electron chi connectivity index (χ2n) is 8.97. The summed E-state index contributed by atoms with van der Waals surface area (Å²) in [6.45, 7) is 2.57. The standard InChI is InChI=1S/C27H32N4O4/c1-18(32)29-24(15-20-17-28-23-9-5-4-8-22(20)23)27(34)30-21-11-13-31(14-12-21)26(33)16-19-7-3-6-10-25(19)35-2/h3-10,17,21,24,28H,11-16H2,1-2H3,(H,29,32)(H,30,34). The van der Waals surface area contributed by atoms with E-state index in [1.807, 2.05) is 59.6 Å². The molecular formula is C27H32N4O4. The van der Waals surface area contributed by atoms with Gasteiger partial charge in [0.1, 0.15) is 11.8 Å². The molecule has 0 bridgehead atoms. The van der Waals surface area contributed by atoms with Crippen molar-refractivity contribution in [3.63, 3.8) is 0 Å². The van der Waals surface area contributed by atoms with Crippen LogP contribution in [0.2, 0.25) is 0 Å². The summed E-state index contributed by atoms with van der Waals surface area (Å²) in [6.07, 6.45) is 3.91. The summed E-state index contributed by atoms with van der Waals surface area (Å²) in [5.41, 5.74) is 2.84. The van der Waals surface area contributed by atoms with Crippen molar-refractivity contribution in [2.24, 2.45) is 0 Å². The van der Waals surface area contributed by atoms with Crippen molar-refractivity contribution in [2.45, 2.75) is 44.7 Å². The average molecular weight is 477 g/mol. The summed E-state index contributed by atoms with van der Waals surface area (Å²) in [5.74, 6) is 0.308. The highest BCUT2D eigenvalue weighted by atomic mass is 16.5. The molecule has 2 aromatic carbocycles. The van der Waals surface area contributed by atoms with Crippen LogP contribution in [0.25, 0.3) is 10.9 Å². The van der Waals surface area contributed by atoms with Gasteiger partial charge in [0, 0.05) is 55.1 Å². The number of aromatic nitrogens is 1. The third kappa shape index (κ3) is 6.01. The van der Waals surface area contributed by atoms with Gasteiger partial charge in [-0.25, -0.2) is 0 Å². The quantitative estimate of drug-likeness (QED) is 0.465. The maximum absolute atomic E-state index is 13.1. The van der Waals surface area contributed by atoms with Crippen LogP contribution in [0.4, 0.5) is 0 Å². The number of rotatable bonds is 8. The number of piperidine rings is 1. The number of methoxy groups -OCH3 is 1. The Labute approximate surface area is 205 Å². The molecule has 3 N–H and O–H groups in total. The Morgan fingerprint density at radius 3 is 2.51 bits per heavy atom. The zero-order chi connectivity index (χ0) is 24.8. The Morgan fingerprint density at radius 1 is 1.06 bits per heavy atom. The number of benzene rings is 2. The highest BCUT2D eigenvalue weighted by molar-refractivity contribution is 5.89. The number of hydrogen-bond acceptors (Lipinski definition) is 4. The third-order valence-corrected chi connectivity index (χ3v) is 6.52. The number of carbonyl (C=O) groups excluding carboxylic acids is 3. The van der Waals surface area contributed by atoms with Gasteiger partial charge in [0.15, 0.2) is 0 Å². The van der Waals surface area contributed by atoms with Gasteiger partial charge >= 0.3 is 0 Å². The lowest BCUT2D eigenvalue weighted by Gasteiger charge is -2.33. The summed E-state index contributed by atoms with van der Waals surface area (Å²) < 4.78 is 5.36. The van der Waals surface area contributed by atoms with Gasteiger partial charge in [0.25, 0.3) is 0 Å². The number of likely N-dealkylation sites (tertiary alicyclic amines) is 1. The molecule has 1 aliphatic heterocycles. The molecule has 184 valence electrons. The van der Waals surface area contributed by atoms with Gasteiger partial charge in [-0.05, 0) is 30.5 Å². The average Bonchev–Trinajstić information content (AvgIpc) is 3.27. The predicted octanol–water partition coefficient (Wildman–Crippen LogP) is 2.57. The van der Waals surface area contributed by atoms with E-state index in [0.29, 0.717) is 38.1 Å². The van der Waals surface area contributed by atoms with Crippen molar-refractivity contribution in [3.05, 3.63) is 65.9 Å². The fraction of sp³-hybridized carbons (Fsp3) is 0.370. The van der Waals surface area contributed by atoms with Crippen LogP contribution in [0.5, 0.6) is 5.75 Å². The van der Waals surface area contributed by atoms with Gasteiger partial charge in [0.2, 0.25) is 17.7 Å². The van der Waals surface area contributed by atoms with Gasteiger partial charge in [-0.3, -0.25) is 14.4 Å². The van der Waals surface area contributed by atoms with E-state index in [9.17, 15) is 14.4 Å². The van der Waals surface area contributed by atoms with Crippen molar-refractivity contribution in [1.29, 1.82) is 0 Å². The van der Waals surface area contributed by atoms with Crippen LogP contribution in [0.1, 0.15) is 30.9 Å². The molecular weight excluding hydrogens is 444 g/mol. The summed E-state index contributed by atoms with van der Waals surface area (Å²) in [7, 11) is 1.60. The lowest BCUT2D eigenvalue weighted by atomic mass is 10.0. The second-order valence-corrected chi connectivity index (χ2v) is 8.97. The van der Waals surface area contributed by atoms with Crippen molar-refractivity contribution >= 4 is 28.6 Å². The summed E-state index contributed by atoms with van der Waals surface area (Å²) in [5, 5.41) is 6.93. The number of ether oxygens (including phenoxy) is 1. The fourth-order valence-electron chi connectivity index (χ4n) is 4.67. The molecule has 1 fully saturated rings. The molecule has 1 atom stereocenters. The van der Waals surface area contributed by atoms with Crippen molar-refractivity contribution in [2.75, 3.05) is 20.2 Å². The number of para-hydroxylation sites is 2. The lowest BCUT2D eigenvalue weighted by molar-refractivity contribution is -0.132. The monoisotopic (exact) mass is 476 g/mol. The van der Waals surface area contributed by atoms with Crippen LogP contribution in [-0.2, 0) is 27.2 Å². The van der Waals surface area contributed by atoms with E-state index < -0.39 is 6.04 Å². The molecule has 0 radical (unpaired) electrons. The number of nitrogens with one attached hydrogen (secondary N) is 3. The van der Waals surface area contributed by atoms with Gasteiger partial charge in [-0.15, -0.1) is 0 Å². The Kier molecular flexibility index (Phi) is 7.70. The molecule has 1 aliphatic rings. The molecule has 35 heavy (non-hydrogen) atoms. The van der Waals surface area contributed by atoms with Crippen LogP contribution in [-0.4, -0.2) is 59.9 Å². The normalized spacial score (nSPS) is 15.0. The summed E-state index contributed by atoms with van der Waals surface area (Å²) >= 11 is 0. The number of H-pyrrole nitrogens is 1. The highest BCUT2D eigenvalue weighted by Gasteiger charge is 2.28. The molecule has 0 aliphatic carbocycles. The largest absolute Gasteiger partial charge is 0.496 e. The Hall–Kier alpha value is -3.81. The Bertz CT molecular complexity index is 1200. The van der Waals surface area contributed by atoms with Gasteiger partial charge in [-0.1, -0.05) is 36.4 Å². The van der Waals surface area contributed by atoms with E-state index in [1.165, 1.54) is 6.92 Å². The van der Waals surface area contributed by atoms with E-state index in [2.05, 4.69) is 15.6 Å². The molecule has 8 heteroatoms. The summed E-state index contributed by atoms with van der Waals surface area (Å²) in [6, 6.07) is 14.7. The van der Waals surface area contributed by atoms with Crippen molar-refractivity contribution < 1.29 is 19.1 Å². The molecule has 0 saturated carbocycles. The van der Waals surface area contributed by atoms with Gasteiger partial charge in [-0.2, -0.15) is 0 Å². The molecule has 1 aromatic heterocycles. The van der Waals surface area contributed by atoms with Crippen LogP contribution in [0.15, 0.2) is 54.7 Å². The number of hydrogen-bond donors (Lipinski definition) is 3. The minimum atomic E-state index is -0.670. The smallest absolute Gasteiger partial charge is 0.243 e. The highest BCUT2D eigenvalue weighted by Crippen LogP contribution is 2.21. The Balaban J connectivity index is 1.33. The van der Waals surface area contributed by atoms with Crippen LogP contribution < -0.4 is 15.4 Å². The van der Waals surface area contributed by atoms with Gasteiger partial charge < -0.3 is 25.3 Å². The third-order valence-electron chi connectivity index (χ3n) is 6.52. The maximum atomic E-state index is 13.1. The Morgan fingerprint density at radius 2 is 1.77 bits per heavy atom. The number of fused-ring (bicyclic) bond motifs is 1. The minimum absolute atomic E-state index is 0.0444. The molecule has 2 heterocycles. The fourth-order valence-corrected chi connectivity index (χ4v) is 4.67. The first-order chi connectivity index (χ1) is 16.9. The molecule has 3 aromatic rings. The van der Waals surface area contributed by atoms with Crippen LogP contribution in [0.3, 0.4) is 0 Å². The lowest BCUT2D eigenvalue weighted by Crippen LogP contribution is -2.53. The van der Waals surface area contributed by atoms with E-state index in [1.54, 1.807) is 7.11 Å². The van der Waals surface area contributed by atoms with Gasteiger partial charge in [0.05, 0.1) is 13.5 Å². The predicted molar refractivity (Wildman–Crippen MR) is 134 cm³/mol. The SMILES string of the molecule is COc1ccccc1CC(=O)N1CCC(NC(=O)C(Cc2c[nH]c3ccccc23)NC(C)=O)CC1. The maximum Gasteiger partial charge on any atom is 0.243 e. The van der Waals surface area contributed by atoms with Crippen molar-refractivity contribution in [1.82, 2.24) is 20.5 Å². The first-order valence-corrected chi connectivity index (χ1v) is 12.0. The first kappa shape index (κ1) is 24.3. The molecule has 3 amide bonds. The van der Waals surface area contributed by atoms with E-state index in [-0.39, 0.29) is 30.2 Å².